The van der Waals surface area contributed by atoms with Crippen LogP contribution in [0.4, 0.5) is 46.8 Å². The summed E-state index contributed by atoms with van der Waals surface area (Å²) in [6, 6.07) is 23.4. The number of hydrogen-bond acceptors (Lipinski definition) is 10. The van der Waals surface area contributed by atoms with E-state index in [2.05, 4.69) is 35.7 Å². The summed E-state index contributed by atoms with van der Waals surface area (Å²) in [6.07, 6.45) is 3.12. The number of nitrogen functional groups attached to an aromatic ring is 2. The van der Waals surface area contributed by atoms with Gasteiger partial charge in [0.1, 0.15) is 18.2 Å². The molecular formula is C58H61BrF8N8O4. The van der Waals surface area contributed by atoms with E-state index in [9.17, 15) is 49.8 Å². The van der Waals surface area contributed by atoms with Crippen molar-refractivity contribution >= 4 is 39.4 Å². The lowest BCUT2D eigenvalue weighted by Crippen LogP contribution is -2.42. The minimum atomic E-state index is -4.73. The molecule has 4 fully saturated rings. The third kappa shape index (κ3) is 15.1. The van der Waals surface area contributed by atoms with Crippen LogP contribution in [0, 0.1) is 11.6 Å². The Labute approximate surface area is 461 Å². The van der Waals surface area contributed by atoms with Crippen molar-refractivity contribution in [3.05, 3.63) is 154 Å². The number of anilines is 2. The van der Waals surface area contributed by atoms with Crippen LogP contribution in [0.5, 0.6) is 11.5 Å². The van der Waals surface area contributed by atoms with Gasteiger partial charge in [0.2, 0.25) is 0 Å². The van der Waals surface area contributed by atoms with Crippen molar-refractivity contribution in [1.82, 2.24) is 29.6 Å². The van der Waals surface area contributed by atoms with Crippen molar-refractivity contribution in [3.63, 3.8) is 0 Å². The van der Waals surface area contributed by atoms with Crippen LogP contribution in [0.15, 0.2) is 109 Å². The van der Waals surface area contributed by atoms with Crippen LogP contribution >= 0.6 is 15.9 Å². The molecule has 4 aromatic carbocycles. The number of carbonyl (C=O) groups excluding carboxylic acids is 2. The van der Waals surface area contributed by atoms with E-state index >= 15 is 0 Å². The summed E-state index contributed by atoms with van der Waals surface area (Å²) >= 11 is 2.90. The van der Waals surface area contributed by atoms with Gasteiger partial charge < -0.3 is 40.9 Å². The highest BCUT2D eigenvalue weighted by Gasteiger charge is 2.36. The second kappa shape index (κ2) is 26.0. The van der Waals surface area contributed by atoms with Crippen LogP contribution in [0.3, 0.4) is 0 Å². The Bertz CT molecular complexity index is 3050. The van der Waals surface area contributed by atoms with Gasteiger partial charge in [-0.1, -0.05) is 52.3 Å². The highest BCUT2D eigenvalue weighted by Crippen LogP contribution is 2.36. The number of hydrogen-bond donors (Lipinski definition) is 3. The molecule has 6 heterocycles. The minimum absolute atomic E-state index is 0.0132. The van der Waals surface area contributed by atoms with Gasteiger partial charge in [-0.25, -0.2) is 18.7 Å². The molecule has 79 heavy (non-hydrogen) atoms. The van der Waals surface area contributed by atoms with E-state index in [0.29, 0.717) is 34.9 Å². The zero-order chi connectivity index (χ0) is 56.4. The maximum absolute atomic E-state index is 13.4. The summed E-state index contributed by atoms with van der Waals surface area (Å²) in [5.74, 6) is -1.53. The smallest absolute Gasteiger partial charge is 0.416 e. The molecule has 0 aliphatic carbocycles. The van der Waals surface area contributed by atoms with Crippen LogP contribution in [-0.2, 0) is 24.3 Å². The molecule has 5 N–H and O–H groups in total. The van der Waals surface area contributed by atoms with Crippen LogP contribution in [-0.4, -0.2) is 111 Å². The highest BCUT2D eigenvalue weighted by molar-refractivity contribution is 9.08. The highest BCUT2D eigenvalue weighted by atomic mass is 79.9. The van der Waals surface area contributed by atoms with E-state index in [1.54, 1.807) is 42.6 Å². The molecule has 6 aromatic rings. The van der Waals surface area contributed by atoms with Gasteiger partial charge in [0.05, 0.1) is 11.1 Å². The van der Waals surface area contributed by atoms with Gasteiger partial charge in [-0.15, -0.1) is 0 Å². The van der Waals surface area contributed by atoms with Crippen molar-refractivity contribution in [2.45, 2.75) is 87.7 Å². The summed E-state index contributed by atoms with van der Waals surface area (Å²) in [5.41, 5.74) is 13.6. The molecule has 4 aliphatic rings. The van der Waals surface area contributed by atoms with E-state index in [0.717, 1.165) is 119 Å². The maximum atomic E-state index is 13.4. The molecule has 0 spiro atoms. The van der Waals surface area contributed by atoms with Crippen LogP contribution < -0.4 is 16.2 Å². The predicted molar refractivity (Wildman–Crippen MR) is 289 cm³/mol. The normalized spacial score (nSPS) is 17.8. The first-order chi connectivity index (χ1) is 37.7. The fourth-order valence-electron chi connectivity index (χ4n) is 10.4. The lowest BCUT2D eigenvalue weighted by Gasteiger charge is -2.28. The number of alkyl halides is 7. The molecule has 420 valence electrons. The monoisotopic (exact) mass is 1160 g/mol. The molecule has 2 aromatic heterocycles. The number of pyridine rings is 2. The number of carbonyl (C=O) groups is 2. The Kier molecular flexibility index (Phi) is 19.2. The zero-order valence-electron chi connectivity index (χ0n) is 43.2. The molecule has 2 atom stereocenters. The molecule has 21 heteroatoms. The third-order valence-corrected chi connectivity index (χ3v) is 15.2. The topological polar surface area (TPSA) is 154 Å². The van der Waals surface area contributed by atoms with Crippen molar-refractivity contribution in [2.75, 3.05) is 63.8 Å². The molecule has 4 saturated heterocycles. The van der Waals surface area contributed by atoms with Crippen LogP contribution in [0.1, 0.15) is 94.3 Å². The number of halogens is 9. The quantitative estimate of drug-likeness (QED) is 0.0797. The second-order valence-electron chi connectivity index (χ2n) is 20.0. The van der Waals surface area contributed by atoms with Gasteiger partial charge in [0, 0.05) is 83.8 Å². The molecule has 2 amide bonds. The lowest BCUT2D eigenvalue weighted by atomic mass is 10.0. The third-order valence-electron chi connectivity index (χ3n) is 14.6. The van der Waals surface area contributed by atoms with Crippen molar-refractivity contribution in [2.24, 2.45) is 0 Å². The van der Waals surface area contributed by atoms with E-state index in [-0.39, 0.29) is 57.4 Å². The maximum Gasteiger partial charge on any atom is 0.416 e. The zero-order valence-corrected chi connectivity index (χ0v) is 44.8. The van der Waals surface area contributed by atoms with Gasteiger partial charge in [-0.3, -0.25) is 9.59 Å². The van der Waals surface area contributed by atoms with E-state index in [1.165, 1.54) is 31.9 Å². The van der Waals surface area contributed by atoms with Gasteiger partial charge in [-0.2, -0.15) is 26.3 Å². The van der Waals surface area contributed by atoms with Crippen molar-refractivity contribution in [1.29, 1.82) is 0 Å². The summed E-state index contributed by atoms with van der Waals surface area (Å²) in [6.45, 7) is 7.58. The second-order valence-corrected chi connectivity index (χ2v) is 20.6. The van der Waals surface area contributed by atoms with E-state index in [1.807, 2.05) is 34.1 Å². The van der Waals surface area contributed by atoms with Crippen LogP contribution in [0.25, 0.3) is 22.3 Å². The minimum Gasteiger partial charge on any atom is -0.504 e. The first-order valence-electron chi connectivity index (χ1n) is 26.1. The molecule has 0 unspecified atom stereocenters. The molecule has 4 aliphatic heterocycles. The van der Waals surface area contributed by atoms with Crippen LogP contribution in [0.2, 0.25) is 0 Å². The Morgan fingerprint density at radius 1 is 0.570 bits per heavy atom. The summed E-state index contributed by atoms with van der Waals surface area (Å²) in [4.78, 5) is 43.3. The Morgan fingerprint density at radius 2 is 1.00 bits per heavy atom. The molecule has 0 bridgehead atoms. The van der Waals surface area contributed by atoms with E-state index in [4.69, 9.17) is 16.2 Å². The Balaban J connectivity index is 0.000000177. The first-order valence-corrected chi connectivity index (χ1v) is 27.3. The number of aromatic hydroxyl groups is 1. The number of nitrogens with two attached hydrogens (primary N) is 2. The number of ether oxygens (including phenoxy) is 1. The Morgan fingerprint density at radius 3 is 1.44 bits per heavy atom. The largest absolute Gasteiger partial charge is 0.504 e. The predicted octanol–water partition coefficient (Wildman–Crippen LogP) is 12.2. The standard InChI is InChI=1S/C29H30F4N4O2.C21H26N4O2.C8H5BrF4/c30-23-10-9-21(25(15-23)29(31,32)33)18-39-26-14-22(16-35-27(26)34)19-5-7-20(8-6-19)28(38)37-13-3-4-24(37)17-36-11-1-2-12-36;22-20-19(26)12-17(13-23-20)15-5-7-16(8-6-15)21(27)25-11-3-4-18(25)14-24-9-1-2-10-24;9-4-5-1-2-6(10)3-7(5)8(11,12)13/h5-10,14-16,24H,1-4,11-13,17-18H2,(H2,34,35);5-8,12-13,18,26H,1-4,9-11,14H2,(H2,22,23);1-3H,4H2/t24-;18-;/m11./s1. The molecule has 0 saturated carbocycles. The van der Waals surface area contributed by atoms with Gasteiger partial charge >= 0.3 is 12.4 Å². The summed E-state index contributed by atoms with van der Waals surface area (Å²) < 4.78 is 108. The molecular weight excluding hydrogens is 1100 g/mol. The fourth-order valence-corrected chi connectivity index (χ4v) is 10.9. The van der Waals surface area contributed by atoms with Crippen molar-refractivity contribution < 1.29 is 54.6 Å². The average molecular weight is 1170 g/mol. The number of benzene rings is 4. The summed E-state index contributed by atoms with van der Waals surface area (Å²) in [7, 11) is 0. The van der Waals surface area contributed by atoms with Gasteiger partial charge in [0.25, 0.3) is 11.8 Å². The number of nitrogens with zero attached hydrogens (tertiary/aromatic N) is 6. The number of rotatable bonds is 12. The number of amides is 2. The van der Waals surface area contributed by atoms with Gasteiger partial charge in [0.15, 0.2) is 23.1 Å². The summed E-state index contributed by atoms with van der Waals surface area (Å²) in [5, 5.41) is 9.80. The average Bonchev–Trinajstić information content (AvgIpc) is 4.32. The molecule has 0 radical (unpaired) electrons. The number of aromatic nitrogens is 2. The lowest BCUT2D eigenvalue weighted by molar-refractivity contribution is -0.139. The molecule has 12 nitrogen and oxygen atoms in total. The SMILES string of the molecule is Fc1ccc(CBr)c(C(F)(F)F)c1.Nc1ncc(-c2ccc(C(=O)N3CCC[C@@H]3CN3CCCC3)cc2)cc1O.Nc1ncc(-c2ccc(C(=O)N3CCC[C@@H]3CN3CCCC3)cc2)cc1OCc1ccc(F)cc1C(F)(F)F. The van der Waals surface area contributed by atoms with Crippen molar-refractivity contribution in [3.8, 4) is 33.8 Å². The fraction of sp³-hybridized carbons (Fsp3) is 0.379. The van der Waals surface area contributed by atoms with E-state index < -0.39 is 41.7 Å². The van der Waals surface area contributed by atoms with Gasteiger partial charge in [-0.05, 0) is 155 Å². The Hall–Kier alpha value is -6.84. The number of likely N-dealkylation sites (tertiary alicyclic amines) is 4. The first kappa shape index (κ1) is 58.3. The molecule has 10 rings (SSSR count).